The highest BCUT2D eigenvalue weighted by molar-refractivity contribution is 6.01. The van der Waals surface area contributed by atoms with E-state index in [9.17, 15) is 14.4 Å². The molecule has 3 amide bonds. The molecule has 1 aromatic carbocycles. The van der Waals surface area contributed by atoms with Crippen LogP contribution in [0.2, 0.25) is 0 Å². The predicted octanol–water partition coefficient (Wildman–Crippen LogP) is 1.45. The fourth-order valence-electron chi connectivity index (χ4n) is 4.43. The van der Waals surface area contributed by atoms with Crippen molar-refractivity contribution in [3.8, 4) is 0 Å². The van der Waals surface area contributed by atoms with Gasteiger partial charge >= 0.3 is 0 Å². The van der Waals surface area contributed by atoms with Gasteiger partial charge in [-0.05, 0) is 43.6 Å². The molecule has 4 rings (SSSR count). The topological polar surface area (TPSA) is 81.8 Å². The fraction of sp³-hybridized carbons (Fsp3) is 0.550. The Bertz CT molecular complexity index is 778. The largest absolute Gasteiger partial charge is 0.340 e. The highest BCUT2D eigenvalue weighted by Gasteiger charge is 2.37. The van der Waals surface area contributed by atoms with Crippen molar-refractivity contribution in [1.82, 2.24) is 9.80 Å². The zero-order valence-corrected chi connectivity index (χ0v) is 15.7. The molecule has 144 valence electrons. The average Bonchev–Trinajstić information content (AvgIpc) is 3.33. The van der Waals surface area contributed by atoms with Crippen LogP contribution in [0.5, 0.6) is 0 Å². The highest BCUT2D eigenvalue weighted by atomic mass is 16.2. The lowest BCUT2D eigenvalue weighted by Crippen LogP contribution is -2.41. The summed E-state index contributed by atoms with van der Waals surface area (Å²) >= 11 is 0. The summed E-state index contributed by atoms with van der Waals surface area (Å²) in [7, 11) is 0. The van der Waals surface area contributed by atoms with Crippen LogP contribution < -0.4 is 10.6 Å². The number of carbonyl (C=O) groups is 3. The Kier molecular flexibility index (Phi) is 4.86. The van der Waals surface area contributed by atoms with Gasteiger partial charge in [-0.25, -0.2) is 0 Å². The Balaban J connectivity index is 1.35. The van der Waals surface area contributed by atoms with Crippen LogP contribution in [0.4, 0.5) is 11.4 Å². The number of nitrogens with zero attached hydrogens (tertiary/aromatic N) is 2. The van der Waals surface area contributed by atoms with Gasteiger partial charge in [0.2, 0.25) is 17.7 Å². The van der Waals surface area contributed by atoms with Crippen LogP contribution >= 0.6 is 0 Å². The van der Waals surface area contributed by atoms with E-state index in [-0.39, 0.29) is 30.1 Å². The molecular formula is C20H26N4O3. The van der Waals surface area contributed by atoms with E-state index in [1.165, 1.54) is 6.42 Å². The van der Waals surface area contributed by atoms with Crippen molar-refractivity contribution in [2.75, 3.05) is 36.8 Å². The summed E-state index contributed by atoms with van der Waals surface area (Å²) in [6, 6.07) is 5.86. The highest BCUT2D eigenvalue weighted by Crippen LogP contribution is 2.28. The van der Waals surface area contributed by atoms with Gasteiger partial charge in [-0.15, -0.1) is 0 Å². The van der Waals surface area contributed by atoms with Gasteiger partial charge in [-0.1, -0.05) is 13.0 Å². The van der Waals surface area contributed by atoms with Gasteiger partial charge in [0.1, 0.15) is 0 Å². The Labute approximate surface area is 159 Å². The summed E-state index contributed by atoms with van der Waals surface area (Å²) in [6.45, 7) is 5.47. The van der Waals surface area contributed by atoms with Crippen LogP contribution in [-0.2, 0) is 20.8 Å². The number of rotatable bonds is 5. The second kappa shape index (κ2) is 7.31. The number of hydrogen-bond donors (Lipinski definition) is 2. The molecule has 7 heteroatoms. The second-order valence-corrected chi connectivity index (χ2v) is 7.71. The maximum atomic E-state index is 12.6. The first-order valence-corrected chi connectivity index (χ1v) is 9.79. The number of nitrogens with one attached hydrogen (secondary N) is 2. The molecule has 0 aromatic heterocycles. The zero-order valence-electron chi connectivity index (χ0n) is 15.7. The average molecular weight is 370 g/mol. The Hall–Kier alpha value is -2.41. The van der Waals surface area contributed by atoms with Gasteiger partial charge in [-0.3, -0.25) is 19.3 Å². The number of amides is 3. The molecule has 2 fully saturated rings. The van der Waals surface area contributed by atoms with Crippen LogP contribution in [0.3, 0.4) is 0 Å². The van der Waals surface area contributed by atoms with E-state index in [2.05, 4.69) is 22.5 Å². The van der Waals surface area contributed by atoms with Crippen molar-refractivity contribution in [3.63, 3.8) is 0 Å². The van der Waals surface area contributed by atoms with Gasteiger partial charge in [-0.2, -0.15) is 0 Å². The summed E-state index contributed by atoms with van der Waals surface area (Å²) < 4.78 is 0. The van der Waals surface area contributed by atoms with E-state index in [0.29, 0.717) is 24.7 Å². The third-order valence-electron chi connectivity index (χ3n) is 5.92. The molecule has 0 saturated carbocycles. The van der Waals surface area contributed by atoms with Gasteiger partial charge in [0.05, 0.1) is 12.3 Å². The van der Waals surface area contributed by atoms with Crippen LogP contribution in [0.15, 0.2) is 18.2 Å². The second-order valence-electron chi connectivity index (χ2n) is 7.71. The third kappa shape index (κ3) is 3.69. The number of likely N-dealkylation sites (N-methyl/N-ethyl adjacent to an activating group) is 1. The molecule has 3 aliphatic heterocycles. The van der Waals surface area contributed by atoms with E-state index >= 15 is 0 Å². The minimum Gasteiger partial charge on any atom is -0.340 e. The van der Waals surface area contributed by atoms with Gasteiger partial charge < -0.3 is 15.5 Å². The number of carbonyl (C=O) groups excluding carboxylic acids is 3. The van der Waals surface area contributed by atoms with Crippen molar-refractivity contribution in [3.05, 3.63) is 23.8 Å². The molecular weight excluding hydrogens is 344 g/mol. The van der Waals surface area contributed by atoms with Crippen molar-refractivity contribution in [2.45, 2.75) is 38.6 Å². The number of benzene rings is 1. The lowest BCUT2D eigenvalue weighted by atomic mass is 10.1. The Morgan fingerprint density at radius 3 is 3.00 bits per heavy atom. The van der Waals surface area contributed by atoms with Crippen LogP contribution in [0, 0.1) is 5.92 Å². The molecule has 2 atom stereocenters. The van der Waals surface area contributed by atoms with Crippen molar-refractivity contribution >= 4 is 29.1 Å². The standard InChI is InChI=1S/C20H26N4O3/c1-2-23-7-3-4-16(23)12-24-11-14(9-19(24)26)20(27)21-15-6-5-13-8-18(25)22-17(13)10-15/h5-6,10,14,16H,2-4,7-9,11-12H2,1H3,(H,21,27)(H,22,25). The molecule has 0 radical (unpaired) electrons. The molecule has 0 aliphatic carbocycles. The quantitative estimate of drug-likeness (QED) is 0.822. The van der Waals surface area contributed by atoms with Gasteiger partial charge in [0.15, 0.2) is 0 Å². The van der Waals surface area contributed by atoms with E-state index in [1.807, 2.05) is 17.0 Å². The summed E-state index contributed by atoms with van der Waals surface area (Å²) in [6.07, 6.45) is 2.95. The first kappa shape index (κ1) is 18.0. The predicted molar refractivity (Wildman–Crippen MR) is 102 cm³/mol. The number of likely N-dealkylation sites (tertiary alicyclic amines) is 2. The monoisotopic (exact) mass is 370 g/mol. The Morgan fingerprint density at radius 1 is 1.33 bits per heavy atom. The summed E-state index contributed by atoms with van der Waals surface area (Å²) in [5.74, 6) is -0.413. The fourth-order valence-corrected chi connectivity index (χ4v) is 4.43. The molecule has 0 bridgehead atoms. The maximum Gasteiger partial charge on any atom is 0.229 e. The minimum atomic E-state index is -0.322. The molecule has 3 heterocycles. The molecule has 2 saturated heterocycles. The SMILES string of the molecule is CCN1CCCC1CN1CC(C(=O)Nc2ccc3c(c2)NC(=O)C3)CC1=O. The summed E-state index contributed by atoms with van der Waals surface area (Å²) in [5.41, 5.74) is 2.35. The first-order chi connectivity index (χ1) is 13.0. The number of anilines is 2. The first-order valence-electron chi connectivity index (χ1n) is 9.79. The van der Waals surface area contributed by atoms with E-state index < -0.39 is 0 Å². The summed E-state index contributed by atoms with van der Waals surface area (Å²) in [4.78, 5) is 40.8. The third-order valence-corrected chi connectivity index (χ3v) is 5.92. The minimum absolute atomic E-state index is 0.0291. The smallest absolute Gasteiger partial charge is 0.229 e. The van der Waals surface area contributed by atoms with Crippen LogP contribution in [0.25, 0.3) is 0 Å². The van der Waals surface area contributed by atoms with Crippen LogP contribution in [0.1, 0.15) is 31.7 Å². The normalized spacial score (nSPS) is 25.0. The van der Waals surface area contributed by atoms with Gasteiger partial charge in [0.25, 0.3) is 0 Å². The van der Waals surface area contributed by atoms with Crippen molar-refractivity contribution in [1.29, 1.82) is 0 Å². The molecule has 7 nitrogen and oxygen atoms in total. The molecule has 27 heavy (non-hydrogen) atoms. The van der Waals surface area contributed by atoms with Gasteiger partial charge in [0, 0.05) is 36.9 Å². The summed E-state index contributed by atoms with van der Waals surface area (Å²) in [5, 5.41) is 5.69. The van der Waals surface area contributed by atoms with E-state index in [4.69, 9.17) is 0 Å². The van der Waals surface area contributed by atoms with E-state index in [1.54, 1.807) is 6.07 Å². The number of hydrogen-bond acceptors (Lipinski definition) is 4. The lowest BCUT2D eigenvalue weighted by Gasteiger charge is -2.27. The molecule has 0 spiro atoms. The van der Waals surface area contributed by atoms with Crippen LogP contribution in [-0.4, -0.2) is 59.7 Å². The molecule has 1 aromatic rings. The maximum absolute atomic E-state index is 12.6. The molecule has 2 unspecified atom stereocenters. The zero-order chi connectivity index (χ0) is 19.0. The van der Waals surface area contributed by atoms with Crippen molar-refractivity contribution < 1.29 is 14.4 Å². The molecule has 3 aliphatic rings. The van der Waals surface area contributed by atoms with Crippen molar-refractivity contribution in [2.24, 2.45) is 5.92 Å². The molecule has 2 N–H and O–H groups in total. The number of fused-ring (bicyclic) bond motifs is 1. The van der Waals surface area contributed by atoms with E-state index in [0.717, 1.165) is 37.3 Å². The lowest BCUT2D eigenvalue weighted by molar-refractivity contribution is -0.128. The Morgan fingerprint density at radius 2 is 2.19 bits per heavy atom.